The highest BCUT2D eigenvalue weighted by Crippen LogP contribution is 2.48. The van der Waals surface area contributed by atoms with Crippen LogP contribution in [0.2, 0.25) is 21.7 Å². The van der Waals surface area contributed by atoms with E-state index >= 15 is 8.78 Å². The number of fused-ring (bicyclic) bond motifs is 4. The van der Waals surface area contributed by atoms with Crippen LogP contribution in [0.3, 0.4) is 0 Å². The molecule has 66 heavy (non-hydrogen) atoms. The number of thioether (sulfide) groups is 1. The van der Waals surface area contributed by atoms with Gasteiger partial charge in [0.05, 0.1) is 18.3 Å². The van der Waals surface area contributed by atoms with Crippen LogP contribution in [-0.4, -0.2) is 63.4 Å². The predicted molar refractivity (Wildman–Crippen MR) is 277 cm³/mol. The smallest absolute Gasteiger partial charge is 0.261 e. The molecule has 1 aliphatic heterocycles. The molecule has 2 bridgehead atoms. The van der Waals surface area contributed by atoms with Crippen molar-refractivity contribution in [2.24, 2.45) is 11.8 Å². The van der Waals surface area contributed by atoms with Crippen molar-refractivity contribution < 1.29 is 17.9 Å². The van der Waals surface area contributed by atoms with E-state index in [0.29, 0.717) is 63.6 Å². The van der Waals surface area contributed by atoms with E-state index in [1.165, 1.54) is 28.2 Å². The third-order valence-electron chi connectivity index (χ3n) is 14.7. The Labute approximate surface area is 397 Å². The van der Waals surface area contributed by atoms with E-state index in [2.05, 4.69) is 139 Å². The van der Waals surface area contributed by atoms with Crippen molar-refractivity contribution in [2.75, 3.05) is 30.9 Å². The second-order valence-electron chi connectivity index (χ2n) is 20.5. The van der Waals surface area contributed by atoms with Gasteiger partial charge in [0.1, 0.15) is 36.3 Å². The van der Waals surface area contributed by atoms with Crippen LogP contribution in [0, 0.1) is 41.9 Å². The number of benzene rings is 4. The van der Waals surface area contributed by atoms with Gasteiger partial charge >= 0.3 is 0 Å². The maximum Gasteiger partial charge on any atom is 0.261 e. The van der Waals surface area contributed by atoms with Gasteiger partial charge in [-0.3, -0.25) is 0 Å². The van der Waals surface area contributed by atoms with E-state index in [0.717, 1.165) is 23.8 Å². The van der Waals surface area contributed by atoms with E-state index in [-0.39, 0.29) is 45.6 Å². The highest BCUT2D eigenvalue weighted by Gasteiger charge is 2.55. The third kappa shape index (κ3) is 8.28. The molecule has 0 N–H and O–H groups in total. The fourth-order valence-electron chi connectivity index (χ4n) is 11.8. The number of aryl methyl sites for hydroxylation is 1. The van der Waals surface area contributed by atoms with Crippen molar-refractivity contribution in [3.05, 3.63) is 108 Å². The van der Waals surface area contributed by atoms with Gasteiger partial charge < -0.3 is 14.1 Å². The summed E-state index contributed by atoms with van der Waals surface area (Å²) >= 11 is 1.38. The van der Waals surface area contributed by atoms with Gasteiger partial charge in [-0.25, -0.2) is 23.7 Å². The topological polar surface area (TPSA) is 60.4 Å². The quantitative estimate of drug-likeness (QED) is 0.0524. The van der Waals surface area contributed by atoms with Crippen molar-refractivity contribution >= 4 is 66.0 Å². The largest absolute Gasteiger partial charge is 0.477 e. The zero-order chi connectivity index (χ0) is 47.3. The van der Waals surface area contributed by atoms with Crippen molar-refractivity contribution in [3.8, 4) is 28.6 Å². The number of hydrogen-bond donors (Lipinski definition) is 0. The van der Waals surface area contributed by atoms with Gasteiger partial charge in [0.25, 0.3) is 8.32 Å². The van der Waals surface area contributed by atoms with Crippen LogP contribution in [0.25, 0.3) is 32.9 Å². The molecule has 0 radical (unpaired) electrons. The number of hydrogen-bond acceptors (Lipinski definition) is 7. The first-order valence-corrected chi connectivity index (χ1v) is 29.2. The lowest BCUT2D eigenvalue weighted by Gasteiger charge is -2.49. The van der Waals surface area contributed by atoms with Crippen LogP contribution in [0.5, 0.6) is 5.88 Å². The number of aromatic nitrogens is 3. The Morgan fingerprint density at radius 2 is 1.39 bits per heavy atom. The van der Waals surface area contributed by atoms with Crippen LogP contribution >= 0.6 is 11.8 Å². The average molecular weight is 941 g/mol. The van der Waals surface area contributed by atoms with Gasteiger partial charge in [0, 0.05) is 35.9 Å². The molecule has 0 amide bonds. The Kier molecular flexibility index (Phi) is 13.7. The molecule has 1 saturated heterocycles. The molecule has 6 aromatic rings. The Hall–Kier alpha value is -4.61. The fraction of sp³-hybridized carbons (Fsp3) is 0.436. The summed E-state index contributed by atoms with van der Waals surface area (Å²) in [6, 6.07) is 28.9. The monoisotopic (exact) mass is 940 g/mol. The standard InChI is InChI=1S/C55H66F2N4O2SSi2/c1-13-62-53-47-50(48(57)49(58-53)44-31-37(8)30-38-26-27-45(56)43(46(38)44)28-29-65(34(2)3,35(4)5)36(6)7)59-54(64-12)60-52(47)61-32-39-24-25-40(33-61)51(39)63-66(55(9,10)11,41-20-16-14-17-21-41)42-22-18-15-19-23-42/h14-23,26-27,30-31,34-36,39-40,51H,13,24-25,32-33H2,1-12H3/t39-,40+,51-. The maximum absolute atomic E-state index is 17.9. The van der Waals surface area contributed by atoms with E-state index < -0.39 is 28.0 Å². The van der Waals surface area contributed by atoms with Crippen LogP contribution in [0.4, 0.5) is 14.6 Å². The van der Waals surface area contributed by atoms with E-state index in [1.807, 2.05) is 32.2 Å². The number of anilines is 1. The van der Waals surface area contributed by atoms with Gasteiger partial charge in [-0.2, -0.15) is 0 Å². The average Bonchev–Trinajstić information content (AvgIpc) is 3.50. The summed E-state index contributed by atoms with van der Waals surface area (Å²) in [7, 11) is -5.08. The van der Waals surface area contributed by atoms with Crippen LogP contribution in [0.15, 0.2) is 90.1 Å². The summed E-state index contributed by atoms with van der Waals surface area (Å²) in [6.07, 6.45) is 4.00. The lowest BCUT2D eigenvalue weighted by molar-refractivity contribution is 0.0929. The molecule has 6 nitrogen and oxygen atoms in total. The summed E-state index contributed by atoms with van der Waals surface area (Å²) in [4.78, 5) is 17.4. The summed E-state index contributed by atoms with van der Waals surface area (Å²) in [6.45, 7) is 26.0. The highest BCUT2D eigenvalue weighted by molar-refractivity contribution is 7.98. The molecule has 11 heteroatoms. The predicted octanol–water partition coefficient (Wildman–Crippen LogP) is 12.9. The number of rotatable bonds is 12. The summed E-state index contributed by atoms with van der Waals surface area (Å²) < 4.78 is 48.5. The van der Waals surface area contributed by atoms with Gasteiger partial charge in [-0.15, -0.1) is 5.54 Å². The number of pyridine rings is 1. The van der Waals surface area contributed by atoms with Crippen molar-refractivity contribution in [3.63, 3.8) is 0 Å². The van der Waals surface area contributed by atoms with Gasteiger partial charge in [0.2, 0.25) is 5.88 Å². The van der Waals surface area contributed by atoms with Crippen molar-refractivity contribution in [1.82, 2.24) is 15.0 Å². The molecule has 2 aliphatic rings. The molecule has 346 valence electrons. The number of nitrogens with zero attached hydrogens (tertiary/aromatic N) is 4. The zero-order valence-electron chi connectivity index (χ0n) is 40.9. The molecule has 2 aromatic heterocycles. The molecule has 2 fully saturated rings. The molecule has 0 spiro atoms. The minimum Gasteiger partial charge on any atom is -0.477 e. The minimum atomic E-state index is -2.82. The van der Waals surface area contributed by atoms with Gasteiger partial charge in [-0.05, 0) is 88.1 Å². The second kappa shape index (κ2) is 18.8. The molecule has 1 saturated carbocycles. The summed E-state index contributed by atoms with van der Waals surface area (Å²) in [5.41, 5.74) is 6.62. The molecule has 4 aromatic carbocycles. The zero-order valence-corrected chi connectivity index (χ0v) is 43.7. The molecule has 3 heterocycles. The molecule has 3 atom stereocenters. The Morgan fingerprint density at radius 1 is 0.803 bits per heavy atom. The van der Waals surface area contributed by atoms with Crippen molar-refractivity contribution in [1.29, 1.82) is 0 Å². The Bertz CT molecular complexity index is 2730. The first-order chi connectivity index (χ1) is 31.5. The van der Waals surface area contributed by atoms with Gasteiger partial charge in [0.15, 0.2) is 11.0 Å². The lowest BCUT2D eigenvalue weighted by atomic mass is 9.94. The maximum atomic E-state index is 17.9. The van der Waals surface area contributed by atoms with E-state index in [9.17, 15) is 0 Å². The van der Waals surface area contributed by atoms with Crippen molar-refractivity contribution in [2.45, 2.75) is 122 Å². The second-order valence-corrected chi connectivity index (χ2v) is 31.1. The third-order valence-corrected chi connectivity index (χ3v) is 26.6. The van der Waals surface area contributed by atoms with E-state index in [4.69, 9.17) is 24.1 Å². The normalized spacial score (nSPS) is 17.9. The minimum absolute atomic E-state index is 0.0373. The van der Waals surface area contributed by atoms with Crippen LogP contribution in [0.1, 0.15) is 93.2 Å². The molecular weight excluding hydrogens is 875 g/mol. The SMILES string of the molecule is CCOc1nc(-c2cc(C)cc3ccc(F)c(C#C[Si](C(C)C)(C(C)C)C(C)C)c23)c(F)c2nc(SC)nc(N3C[C@H]4CC[C@@H](C3)[C@@H]4O[Si](c3ccccc3)(c3ccccc3)C(C)(C)C)c12. The molecular formula is C55H66F2N4O2SSi2. The van der Waals surface area contributed by atoms with Gasteiger partial charge in [-0.1, -0.05) is 153 Å². The number of halogens is 2. The lowest BCUT2D eigenvalue weighted by Crippen LogP contribution is -2.69. The Morgan fingerprint density at radius 3 is 1.92 bits per heavy atom. The summed E-state index contributed by atoms with van der Waals surface area (Å²) in [5, 5.41) is 4.61. The molecule has 0 unspecified atom stereocenters. The number of piperidine rings is 1. The van der Waals surface area contributed by atoms with E-state index in [1.54, 1.807) is 6.07 Å². The fourth-order valence-corrected chi connectivity index (χ4v) is 22.2. The number of ether oxygens (including phenoxy) is 1. The molecule has 1 aliphatic carbocycles. The van der Waals surface area contributed by atoms with Crippen LogP contribution in [-0.2, 0) is 4.43 Å². The first kappa shape index (κ1) is 47.9. The van der Waals surface area contributed by atoms with Crippen LogP contribution < -0.4 is 20.0 Å². The molecule has 8 rings (SSSR count). The highest BCUT2D eigenvalue weighted by atomic mass is 32.2. The first-order valence-electron chi connectivity index (χ1n) is 23.8. The Balaban J connectivity index is 1.26. The summed E-state index contributed by atoms with van der Waals surface area (Å²) in [5.74, 6) is 3.70.